The molecule has 0 radical (unpaired) electrons. The van der Waals surface area contributed by atoms with E-state index < -0.39 is 16.4 Å². The number of carbonyl (C=O) groups excluding carboxylic acids is 2. The van der Waals surface area contributed by atoms with Crippen LogP contribution in [0, 0.1) is 10.1 Å². The SMILES string of the molecule is CN(C)c1ccc([N+](=O)[O-])cc1C(=O)NCC(=O)NC(C)(C)C. The number of anilines is 1. The van der Waals surface area contributed by atoms with Crippen LogP contribution in [0.3, 0.4) is 0 Å². The second-order valence-corrected chi connectivity index (χ2v) is 6.33. The van der Waals surface area contributed by atoms with Crippen molar-refractivity contribution in [3.05, 3.63) is 33.9 Å². The number of nitrogens with one attached hydrogen (secondary N) is 2. The van der Waals surface area contributed by atoms with Crippen LogP contribution < -0.4 is 15.5 Å². The molecular formula is C15H22N4O4. The number of benzene rings is 1. The van der Waals surface area contributed by atoms with Gasteiger partial charge in [-0.05, 0) is 26.8 Å². The first-order chi connectivity index (χ1) is 10.5. The van der Waals surface area contributed by atoms with Gasteiger partial charge >= 0.3 is 0 Å². The zero-order valence-electron chi connectivity index (χ0n) is 14.0. The van der Waals surface area contributed by atoms with Crippen molar-refractivity contribution in [3.63, 3.8) is 0 Å². The second-order valence-electron chi connectivity index (χ2n) is 6.33. The van der Waals surface area contributed by atoms with Crippen LogP contribution in [0.25, 0.3) is 0 Å². The molecule has 8 nitrogen and oxygen atoms in total. The average Bonchev–Trinajstić information content (AvgIpc) is 2.42. The van der Waals surface area contributed by atoms with Gasteiger partial charge in [0.15, 0.2) is 0 Å². The van der Waals surface area contributed by atoms with Crippen molar-refractivity contribution in [1.29, 1.82) is 0 Å². The molecule has 0 fully saturated rings. The summed E-state index contributed by atoms with van der Waals surface area (Å²) in [7, 11) is 3.45. The fourth-order valence-electron chi connectivity index (χ4n) is 1.93. The highest BCUT2D eigenvalue weighted by molar-refractivity contribution is 6.01. The molecule has 0 saturated heterocycles. The molecule has 1 rings (SSSR count). The quantitative estimate of drug-likeness (QED) is 0.628. The van der Waals surface area contributed by atoms with Crippen LogP contribution in [0.2, 0.25) is 0 Å². The molecule has 0 aromatic heterocycles. The third-order valence-electron chi connectivity index (χ3n) is 2.84. The first-order valence-electron chi connectivity index (χ1n) is 7.06. The van der Waals surface area contributed by atoms with Crippen LogP contribution >= 0.6 is 0 Å². The Morgan fingerprint density at radius 1 is 1.26 bits per heavy atom. The predicted octanol–water partition coefficient (Wildman–Crippen LogP) is 1.31. The fourth-order valence-corrected chi connectivity index (χ4v) is 1.93. The molecule has 23 heavy (non-hydrogen) atoms. The number of hydrogen-bond donors (Lipinski definition) is 2. The van der Waals surface area contributed by atoms with Gasteiger partial charge in [0.25, 0.3) is 11.6 Å². The van der Waals surface area contributed by atoms with E-state index in [4.69, 9.17) is 0 Å². The molecule has 0 aliphatic heterocycles. The first kappa shape index (κ1) is 18.4. The van der Waals surface area contributed by atoms with Crippen LogP contribution in [0.15, 0.2) is 18.2 Å². The summed E-state index contributed by atoms with van der Waals surface area (Å²) < 4.78 is 0. The van der Waals surface area contributed by atoms with Crippen molar-refractivity contribution in [2.45, 2.75) is 26.3 Å². The third-order valence-corrected chi connectivity index (χ3v) is 2.84. The number of nitro groups is 1. The van der Waals surface area contributed by atoms with Gasteiger partial charge in [-0.1, -0.05) is 0 Å². The van der Waals surface area contributed by atoms with Crippen LogP contribution in [-0.2, 0) is 4.79 Å². The summed E-state index contributed by atoms with van der Waals surface area (Å²) in [6.07, 6.45) is 0. The van der Waals surface area contributed by atoms with Gasteiger partial charge in [0.05, 0.1) is 17.0 Å². The van der Waals surface area contributed by atoms with E-state index in [0.29, 0.717) is 5.69 Å². The monoisotopic (exact) mass is 322 g/mol. The largest absolute Gasteiger partial charge is 0.377 e. The maximum absolute atomic E-state index is 12.3. The minimum atomic E-state index is -0.567. The Balaban J connectivity index is 2.91. The lowest BCUT2D eigenvalue weighted by atomic mass is 10.1. The summed E-state index contributed by atoms with van der Waals surface area (Å²) in [6.45, 7) is 5.29. The van der Waals surface area contributed by atoms with Gasteiger partial charge in [0.1, 0.15) is 0 Å². The number of nitro benzene ring substituents is 1. The number of rotatable bonds is 5. The lowest BCUT2D eigenvalue weighted by molar-refractivity contribution is -0.384. The summed E-state index contributed by atoms with van der Waals surface area (Å²) in [5.41, 5.74) is 0.0966. The standard InChI is InChI=1S/C15H22N4O4/c1-15(2,3)17-13(20)9-16-14(21)11-8-10(19(22)23)6-7-12(11)18(4)5/h6-8H,9H2,1-5H3,(H,16,21)(H,17,20). The van der Waals surface area contributed by atoms with E-state index in [1.165, 1.54) is 18.2 Å². The molecule has 2 amide bonds. The average molecular weight is 322 g/mol. The van der Waals surface area contributed by atoms with Gasteiger partial charge in [0.2, 0.25) is 5.91 Å². The highest BCUT2D eigenvalue weighted by atomic mass is 16.6. The van der Waals surface area contributed by atoms with Gasteiger partial charge in [0, 0.05) is 37.5 Å². The number of carbonyl (C=O) groups is 2. The Morgan fingerprint density at radius 2 is 1.87 bits per heavy atom. The second kappa shape index (κ2) is 7.08. The molecule has 0 saturated carbocycles. The summed E-state index contributed by atoms with van der Waals surface area (Å²) >= 11 is 0. The number of amides is 2. The van der Waals surface area contributed by atoms with Crippen LogP contribution in [0.5, 0.6) is 0 Å². The molecular weight excluding hydrogens is 300 g/mol. The maximum Gasteiger partial charge on any atom is 0.270 e. The van der Waals surface area contributed by atoms with Crippen LogP contribution in [-0.4, -0.2) is 42.9 Å². The van der Waals surface area contributed by atoms with Crippen molar-refractivity contribution in [2.75, 3.05) is 25.5 Å². The minimum absolute atomic E-state index is 0.146. The molecule has 1 aromatic carbocycles. The summed E-state index contributed by atoms with van der Waals surface area (Å²) in [6, 6.07) is 4.03. The molecule has 0 aliphatic rings. The lowest BCUT2D eigenvalue weighted by Gasteiger charge is -2.21. The van der Waals surface area contributed by atoms with E-state index in [-0.39, 0.29) is 23.7 Å². The van der Waals surface area contributed by atoms with Gasteiger partial charge < -0.3 is 15.5 Å². The van der Waals surface area contributed by atoms with E-state index in [1.54, 1.807) is 19.0 Å². The van der Waals surface area contributed by atoms with E-state index in [1.807, 2.05) is 20.8 Å². The van der Waals surface area contributed by atoms with E-state index in [0.717, 1.165) is 0 Å². The summed E-state index contributed by atoms with van der Waals surface area (Å²) in [5.74, 6) is -0.871. The zero-order chi connectivity index (χ0) is 17.8. The highest BCUT2D eigenvalue weighted by Crippen LogP contribution is 2.24. The number of hydrogen-bond acceptors (Lipinski definition) is 5. The molecule has 0 unspecified atom stereocenters. The first-order valence-corrected chi connectivity index (χ1v) is 7.06. The zero-order valence-corrected chi connectivity index (χ0v) is 14.0. The van der Waals surface area contributed by atoms with E-state index in [9.17, 15) is 19.7 Å². The molecule has 0 spiro atoms. The lowest BCUT2D eigenvalue weighted by Crippen LogP contribution is -2.45. The van der Waals surface area contributed by atoms with Gasteiger partial charge in [-0.15, -0.1) is 0 Å². The molecule has 126 valence electrons. The van der Waals surface area contributed by atoms with Crippen molar-refractivity contribution < 1.29 is 14.5 Å². The topological polar surface area (TPSA) is 105 Å². The van der Waals surface area contributed by atoms with Crippen LogP contribution in [0.4, 0.5) is 11.4 Å². The Bertz CT molecular complexity index is 620. The molecule has 8 heteroatoms. The molecule has 0 atom stereocenters. The summed E-state index contributed by atoms with van der Waals surface area (Å²) in [5, 5.41) is 16.1. The van der Waals surface area contributed by atoms with Crippen molar-refractivity contribution >= 4 is 23.2 Å². The third kappa shape index (κ3) is 5.57. The molecule has 0 bridgehead atoms. The van der Waals surface area contributed by atoms with Crippen molar-refractivity contribution in [2.24, 2.45) is 0 Å². The van der Waals surface area contributed by atoms with Crippen molar-refractivity contribution in [3.8, 4) is 0 Å². The summed E-state index contributed by atoms with van der Waals surface area (Å²) in [4.78, 5) is 36.0. The minimum Gasteiger partial charge on any atom is -0.377 e. The fraction of sp³-hybridized carbons (Fsp3) is 0.467. The maximum atomic E-state index is 12.3. The number of non-ortho nitro benzene ring substituents is 1. The number of nitrogens with zero attached hydrogens (tertiary/aromatic N) is 2. The Kier molecular flexibility index (Phi) is 5.67. The van der Waals surface area contributed by atoms with Gasteiger partial charge in [-0.3, -0.25) is 19.7 Å². The molecule has 2 N–H and O–H groups in total. The Morgan fingerprint density at radius 3 is 2.35 bits per heavy atom. The van der Waals surface area contributed by atoms with E-state index in [2.05, 4.69) is 10.6 Å². The van der Waals surface area contributed by atoms with Crippen LogP contribution in [0.1, 0.15) is 31.1 Å². The highest BCUT2D eigenvalue weighted by Gasteiger charge is 2.19. The normalized spacial score (nSPS) is 10.8. The Labute approximate surface area is 135 Å². The smallest absolute Gasteiger partial charge is 0.270 e. The van der Waals surface area contributed by atoms with Gasteiger partial charge in [-0.2, -0.15) is 0 Å². The van der Waals surface area contributed by atoms with Gasteiger partial charge in [-0.25, -0.2) is 0 Å². The molecule has 0 aliphatic carbocycles. The van der Waals surface area contributed by atoms with E-state index >= 15 is 0 Å². The van der Waals surface area contributed by atoms with Crippen molar-refractivity contribution in [1.82, 2.24) is 10.6 Å². The Hall–Kier alpha value is -2.64. The molecule has 0 heterocycles. The predicted molar refractivity (Wildman–Crippen MR) is 87.7 cm³/mol. The molecule has 1 aromatic rings.